The van der Waals surface area contributed by atoms with Crippen LogP contribution in [0.4, 0.5) is 18.9 Å². The number of nitrogens with one attached hydrogen (secondary N) is 1. The molecule has 2 atom stereocenters. The Hall–Kier alpha value is -2.30. The lowest BCUT2D eigenvalue weighted by atomic mass is 9.97. The number of hydrogen-bond donors (Lipinski definition) is 1. The predicted octanol–water partition coefficient (Wildman–Crippen LogP) is 5.62. The fraction of sp³-hybridized carbons (Fsp3) is 0.381. The van der Waals surface area contributed by atoms with Gasteiger partial charge in [0.2, 0.25) is 5.91 Å². The van der Waals surface area contributed by atoms with Gasteiger partial charge in [0.05, 0.1) is 11.5 Å². The van der Waals surface area contributed by atoms with Crippen LogP contribution in [-0.2, 0) is 11.0 Å². The standard InChI is InChI=1S/C21H20F3NO/c22-21(23,24)15-8-10-16(11-9-15)25-19(26)18-17(14-6-2-1-3-7-14)20(18)12-4-5-13-20/h1-3,6-11,17-18H,4-5,12-13H2,(H,25,26)/t17-,18+/m0/s1. The van der Waals surface area contributed by atoms with Crippen LogP contribution in [0.3, 0.4) is 0 Å². The van der Waals surface area contributed by atoms with Gasteiger partial charge in [0, 0.05) is 11.6 Å². The average molecular weight is 359 g/mol. The lowest BCUT2D eigenvalue weighted by Crippen LogP contribution is -2.18. The fourth-order valence-corrected chi connectivity index (χ4v) is 4.71. The summed E-state index contributed by atoms with van der Waals surface area (Å²) in [6.45, 7) is 0. The summed E-state index contributed by atoms with van der Waals surface area (Å²) < 4.78 is 38.0. The Morgan fingerprint density at radius 1 is 0.962 bits per heavy atom. The van der Waals surface area contributed by atoms with E-state index in [-0.39, 0.29) is 23.2 Å². The van der Waals surface area contributed by atoms with Gasteiger partial charge in [-0.1, -0.05) is 43.2 Å². The maximum absolute atomic E-state index is 12.9. The highest BCUT2D eigenvalue weighted by Crippen LogP contribution is 2.72. The van der Waals surface area contributed by atoms with Gasteiger partial charge in [-0.3, -0.25) is 4.79 Å². The first-order valence-electron chi connectivity index (χ1n) is 8.95. The van der Waals surface area contributed by atoms with Crippen LogP contribution >= 0.6 is 0 Å². The summed E-state index contributed by atoms with van der Waals surface area (Å²) in [6.07, 6.45) is -0.0263. The molecule has 0 radical (unpaired) electrons. The maximum atomic E-state index is 12.9. The molecule has 5 heteroatoms. The van der Waals surface area contributed by atoms with Gasteiger partial charge in [-0.25, -0.2) is 0 Å². The van der Waals surface area contributed by atoms with Crippen LogP contribution in [0.2, 0.25) is 0 Å². The summed E-state index contributed by atoms with van der Waals surface area (Å²) in [6, 6.07) is 14.7. The summed E-state index contributed by atoms with van der Waals surface area (Å²) >= 11 is 0. The van der Waals surface area contributed by atoms with E-state index < -0.39 is 11.7 Å². The van der Waals surface area contributed by atoms with E-state index in [0.717, 1.165) is 37.8 Å². The zero-order valence-corrected chi connectivity index (χ0v) is 14.2. The Bertz CT molecular complexity index is 792. The Morgan fingerprint density at radius 3 is 2.15 bits per heavy atom. The molecule has 1 N–H and O–H groups in total. The first-order chi connectivity index (χ1) is 12.4. The van der Waals surface area contributed by atoms with Crippen molar-refractivity contribution in [2.24, 2.45) is 11.3 Å². The number of hydrogen-bond acceptors (Lipinski definition) is 1. The van der Waals surface area contributed by atoms with Crippen LogP contribution in [0.25, 0.3) is 0 Å². The van der Waals surface area contributed by atoms with Crippen LogP contribution in [0.5, 0.6) is 0 Å². The summed E-state index contributed by atoms with van der Waals surface area (Å²) in [5.74, 6) is 0.0239. The molecule has 136 valence electrons. The fourth-order valence-electron chi connectivity index (χ4n) is 4.71. The molecular formula is C21H20F3NO. The number of alkyl halides is 3. The minimum absolute atomic E-state index is 0.0251. The minimum atomic E-state index is -4.37. The highest BCUT2D eigenvalue weighted by molar-refractivity contribution is 5.96. The number of anilines is 1. The van der Waals surface area contributed by atoms with Crippen LogP contribution in [0, 0.1) is 11.3 Å². The monoisotopic (exact) mass is 359 g/mol. The molecule has 2 saturated carbocycles. The zero-order chi connectivity index (χ0) is 18.4. The van der Waals surface area contributed by atoms with Gasteiger partial charge in [0.15, 0.2) is 0 Å². The first-order valence-corrected chi connectivity index (χ1v) is 8.95. The zero-order valence-electron chi connectivity index (χ0n) is 14.2. The van der Waals surface area contributed by atoms with E-state index in [2.05, 4.69) is 17.4 Å². The summed E-state index contributed by atoms with van der Waals surface area (Å²) in [5.41, 5.74) is 0.908. The molecule has 2 fully saturated rings. The third kappa shape index (κ3) is 2.89. The second-order valence-corrected chi connectivity index (χ2v) is 7.37. The van der Waals surface area contributed by atoms with Crippen LogP contribution in [0.1, 0.15) is 42.7 Å². The molecule has 0 bridgehead atoms. The normalized spacial score (nSPS) is 23.8. The van der Waals surface area contributed by atoms with E-state index in [4.69, 9.17) is 0 Å². The largest absolute Gasteiger partial charge is 0.416 e. The molecule has 4 rings (SSSR count). The van der Waals surface area contributed by atoms with Crippen molar-refractivity contribution in [2.45, 2.75) is 37.8 Å². The number of amides is 1. The van der Waals surface area contributed by atoms with Gasteiger partial charge in [0.25, 0.3) is 0 Å². The molecule has 2 aromatic rings. The molecule has 2 aliphatic carbocycles. The SMILES string of the molecule is O=C(Nc1ccc(C(F)(F)F)cc1)[C@H]1[C@H](c2ccccc2)C12CCCC2. The van der Waals surface area contributed by atoms with Gasteiger partial charge in [-0.15, -0.1) is 0 Å². The minimum Gasteiger partial charge on any atom is -0.326 e. The van der Waals surface area contributed by atoms with Gasteiger partial charge in [-0.05, 0) is 48.1 Å². The molecule has 1 spiro atoms. The summed E-state index contributed by atoms with van der Waals surface area (Å²) in [4.78, 5) is 12.9. The van der Waals surface area contributed by atoms with Gasteiger partial charge in [0.1, 0.15) is 0 Å². The van der Waals surface area contributed by atoms with E-state index in [0.29, 0.717) is 5.69 Å². The predicted molar refractivity (Wildman–Crippen MR) is 93.6 cm³/mol. The van der Waals surface area contributed by atoms with Crippen molar-refractivity contribution in [2.75, 3.05) is 5.32 Å². The molecule has 2 aliphatic rings. The Morgan fingerprint density at radius 2 is 1.58 bits per heavy atom. The second-order valence-electron chi connectivity index (χ2n) is 7.37. The third-order valence-electron chi connectivity index (χ3n) is 5.92. The van der Waals surface area contributed by atoms with E-state index in [1.54, 1.807) is 0 Å². The number of benzene rings is 2. The molecule has 26 heavy (non-hydrogen) atoms. The summed E-state index contributed by atoms with van der Waals surface area (Å²) in [5, 5.41) is 2.83. The number of carbonyl (C=O) groups is 1. The number of halogens is 3. The van der Waals surface area contributed by atoms with Crippen molar-refractivity contribution in [3.05, 3.63) is 65.7 Å². The maximum Gasteiger partial charge on any atom is 0.416 e. The van der Waals surface area contributed by atoms with Crippen molar-refractivity contribution in [3.8, 4) is 0 Å². The topological polar surface area (TPSA) is 29.1 Å². The molecule has 1 amide bonds. The first kappa shape index (κ1) is 17.1. The van der Waals surface area contributed by atoms with Crippen LogP contribution < -0.4 is 5.32 Å². The molecule has 2 aromatic carbocycles. The van der Waals surface area contributed by atoms with Gasteiger partial charge >= 0.3 is 6.18 Å². The van der Waals surface area contributed by atoms with E-state index in [1.807, 2.05) is 18.2 Å². The molecule has 0 aromatic heterocycles. The Kier molecular flexibility index (Phi) is 4.05. The molecular weight excluding hydrogens is 339 g/mol. The third-order valence-corrected chi connectivity index (χ3v) is 5.92. The van der Waals surface area contributed by atoms with E-state index in [9.17, 15) is 18.0 Å². The lowest BCUT2D eigenvalue weighted by Gasteiger charge is -2.10. The van der Waals surface area contributed by atoms with E-state index in [1.165, 1.54) is 17.7 Å². The number of carbonyl (C=O) groups excluding carboxylic acids is 1. The van der Waals surface area contributed by atoms with Crippen molar-refractivity contribution in [1.82, 2.24) is 0 Å². The molecule has 0 heterocycles. The average Bonchev–Trinajstić information content (AvgIpc) is 3.00. The lowest BCUT2D eigenvalue weighted by molar-refractivity contribution is -0.137. The Labute approximate surface area is 150 Å². The summed E-state index contributed by atoms with van der Waals surface area (Å²) in [7, 11) is 0. The van der Waals surface area contributed by atoms with Crippen molar-refractivity contribution in [3.63, 3.8) is 0 Å². The van der Waals surface area contributed by atoms with Crippen LogP contribution in [-0.4, -0.2) is 5.91 Å². The quantitative estimate of drug-likeness (QED) is 0.757. The van der Waals surface area contributed by atoms with Gasteiger partial charge in [-0.2, -0.15) is 13.2 Å². The van der Waals surface area contributed by atoms with Crippen LogP contribution in [0.15, 0.2) is 54.6 Å². The highest BCUT2D eigenvalue weighted by Gasteiger charge is 2.68. The molecule has 0 aliphatic heterocycles. The smallest absolute Gasteiger partial charge is 0.326 e. The van der Waals surface area contributed by atoms with Crippen molar-refractivity contribution < 1.29 is 18.0 Å². The van der Waals surface area contributed by atoms with Gasteiger partial charge < -0.3 is 5.32 Å². The van der Waals surface area contributed by atoms with E-state index >= 15 is 0 Å². The second kappa shape index (κ2) is 6.15. The molecule has 0 saturated heterocycles. The van der Waals surface area contributed by atoms with Crippen molar-refractivity contribution in [1.29, 1.82) is 0 Å². The number of rotatable bonds is 3. The Balaban J connectivity index is 1.52. The van der Waals surface area contributed by atoms with Crippen molar-refractivity contribution >= 4 is 11.6 Å². The highest BCUT2D eigenvalue weighted by atomic mass is 19.4. The molecule has 2 nitrogen and oxygen atoms in total. The molecule has 0 unspecified atom stereocenters.